The van der Waals surface area contributed by atoms with Crippen LogP contribution >= 0.6 is 0 Å². The number of hydrogen-bond donors (Lipinski definition) is 3. The molecule has 1 amide bonds. The smallest absolute Gasteiger partial charge is 0.287 e. The highest BCUT2D eigenvalue weighted by molar-refractivity contribution is 5.96. The van der Waals surface area contributed by atoms with Crippen LogP contribution in [0, 0.1) is 0 Å². The number of nitrogens with zero attached hydrogens (tertiary/aromatic N) is 4. The quantitative estimate of drug-likeness (QED) is 0.738. The number of carbonyl (C=O) groups is 1. The normalized spacial score (nSPS) is 17.8. The molecule has 3 rings (SSSR count). The van der Waals surface area contributed by atoms with Crippen molar-refractivity contribution in [3.63, 3.8) is 0 Å². The fourth-order valence-electron chi connectivity index (χ4n) is 2.73. The van der Waals surface area contributed by atoms with Gasteiger partial charge in [0.25, 0.3) is 5.91 Å². The molecule has 118 valence electrons. The van der Waals surface area contributed by atoms with Crippen LogP contribution in [0.4, 0.5) is 5.82 Å². The molecule has 22 heavy (non-hydrogen) atoms. The minimum atomic E-state index is -0.184. The number of fused-ring (bicyclic) bond motifs is 1. The summed E-state index contributed by atoms with van der Waals surface area (Å²) in [6, 6.07) is 0.331. The Hall–Kier alpha value is -2.22. The fourth-order valence-corrected chi connectivity index (χ4v) is 2.73. The molecule has 8 nitrogen and oxygen atoms in total. The predicted octanol–water partition coefficient (Wildman–Crippen LogP) is 0.370. The van der Waals surface area contributed by atoms with Gasteiger partial charge in [0.05, 0.1) is 0 Å². The van der Waals surface area contributed by atoms with Gasteiger partial charge in [0.1, 0.15) is 6.33 Å². The van der Waals surface area contributed by atoms with Crippen LogP contribution < -0.4 is 16.0 Å². The molecule has 2 aromatic heterocycles. The monoisotopic (exact) mass is 303 g/mol. The average Bonchev–Trinajstić information content (AvgIpc) is 3.14. The molecule has 0 spiro atoms. The van der Waals surface area contributed by atoms with Gasteiger partial charge in [0.2, 0.25) is 5.82 Å². The van der Waals surface area contributed by atoms with Crippen molar-refractivity contribution < 1.29 is 4.79 Å². The van der Waals surface area contributed by atoms with E-state index in [0.717, 1.165) is 19.5 Å². The Morgan fingerprint density at radius 2 is 2.32 bits per heavy atom. The standard InChI is InChI=1S/C14H21N7O/c1-3-16-14(22)13-20-10-11(19-9-5-6-15-7-9)17-8-18-12(10)21(13)4-2/h8-9,15H,3-7H2,1-2H3,(H,16,22)(H,17,18,19)/t9-/m0/s1. The van der Waals surface area contributed by atoms with E-state index in [0.29, 0.717) is 41.9 Å². The summed E-state index contributed by atoms with van der Waals surface area (Å²) in [6.45, 7) is 6.96. The molecule has 3 N–H and O–H groups in total. The van der Waals surface area contributed by atoms with Crippen molar-refractivity contribution in [2.45, 2.75) is 32.9 Å². The second-order valence-electron chi connectivity index (χ2n) is 5.27. The van der Waals surface area contributed by atoms with Crippen LogP contribution in [0.25, 0.3) is 11.2 Å². The van der Waals surface area contributed by atoms with Crippen molar-refractivity contribution in [1.29, 1.82) is 0 Å². The first-order chi connectivity index (χ1) is 10.7. The number of carbonyl (C=O) groups excluding carboxylic acids is 1. The van der Waals surface area contributed by atoms with E-state index in [1.807, 2.05) is 18.4 Å². The highest BCUT2D eigenvalue weighted by Crippen LogP contribution is 2.21. The molecule has 0 bridgehead atoms. The molecule has 0 aromatic carbocycles. The summed E-state index contributed by atoms with van der Waals surface area (Å²) < 4.78 is 1.82. The van der Waals surface area contributed by atoms with Crippen molar-refractivity contribution in [3.05, 3.63) is 12.2 Å². The van der Waals surface area contributed by atoms with E-state index in [2.05, 4.69) is 30.9 Å². The van der Waals surface area contributed by atoms with Crippen molar-refractivity contribution in [3.8, 4) is 0 Å². The Bertz CT molecular complexity index is 675. The highest BCUT2D eigenvalue weighted by Gasteiger charge is 2.22. The van der Waals surface area contributed by atoms with Crippen LogP contribution in [0.1, 0.15) is 30.9 Å². The third-order valence-electron chi connectivity index (χ3n) is 3.79. The summed E-state index contributed by atoms with van der Waals surface area (Å²) in [5, 5.41) is 9.50. The van der Waals surface area contributed by atoms with Crippen LogP contribution in [0.2, 0.25) is 0 Å². The number of rotatable bonds is 5. The third kappa shape index (κ3) is 2.61. The van der Waals surface area contributed by atoms with Gasteiger partial charge in [-0.15, -0.1) is 0 Å². The molecule has 1 aliphatic heterocycles. The third-order valence-corrected chi connectivity index (χ3v) is 3.79. The zero-order valence-electron chi connectivity index (χ0n) is 12.9. The van der Waals surface area contributed by atoms with Gasteiger partial charge in [-0.2, -0.15) is 0 Å². The molecule has 1 aliphatic rings. The van der Waals surface area contributed by atoms with E-state index < -0.39 is 0 Å². The first-order valence-corrected chi connectivity index (χ1v) is 7.71. The van der Waals surface area contributed by atoms with Gasteiger partial charge in [-0.25, -0.2) is 15.0 Å². The summed E-state index contributed by atoms with van der Waals surface area (Å²) in [5.74, 6) is 0.889. The molecule has 3 heterocycles. The number of aryl methyl sites for hydroxylation is 1. The van der Waals surface area contributed by atoms with Crippen LogP contribution in [0.15, 0.2) is 6.33 Å². The second kappa shape index (κ2) is 6.27. The van der Waals surface area contributed by atoms with Gasteiger partial charge in [-0.05, 0) is 26.8 Å². The lowest BCUT2D eigenvalue weighted by atomic mass is 10.2. The molecule has 0 aliphatic carbocycles. The molecular formula is C14H21N7O. The first-order valence-electron chi connectivity index (χ1n) is 7.71. The summed E-state index contributed by atoms with van der Waals surface area (Å²) in [6.07, 6.45) is 2.56. The molecule has 0 saturated carbocycles. The molecule has 1 atom stereocenters. The van der Waals surface area contributed by atoms with Crippen LogP contribution in [-0.4, -0.2) is 51.1 Å². The summed E-state index contributed by atoms with van der Waals surface area (Å²) in [5.41, 5.74) is 1.34. The minimum Gasteiger partial charge on any atom is -0.364 e. The van der Waals surface area contributed by atoms with Crippen molar-refractivity contribution in [2.24, 2.45) is 0 Å². The Balaban J connectivity index is 2.01. The Kier molecular flexibility index (Phi) is 4.19. The van der Waals surface area contributed by atoms with E-state index in [1.54, 1.807) is 0 Å². The largest absolute Gasteiger partial charge is 0.364 e. The lowest BCUT2D eigenvalue weighted by molar-refractivity contribution is 0.0942. The Morgan fingerprint density at radius 3 is 3.00 bits per heavy atom. The summed E-state index contributed by atoms with van der Waals surface area (Å²) in [4.78, 5) is 25.3. The van der Waals surface area contributed by atoms with Gasteiger partial charge < -0.3 is 20.5 Å². The van der Waals surface area contributed by atoms with Gasteiger partial charge in [0.15, 0.2) is 17.0 Å². The van der Waals surface area contributed by atoms with E-state index in [9.17, 15) is 4.79 Å². The predicted molar refractivity (Wildman–Crippen MR) is 83.9 cm³/mol. The first kappa shape index (κ1) is 14.7. The van der Waals surface area contributed by atoms with Gasteiger partial charge in [-0.3, -0.25) is 4.79 Å². The number of imidazole rings is 1. The number of hydrogen-bond acceptors (Lipinski definition) is 6. The topological polar surface area (TPSA) is 96.8 Å². The fraction of sp³-hybridized carbons (Fsp3) is 0.571. The highest BCUT2D eigenvalue weighted by atomic mass is 16.2. The molecule has 1 fully saturated rings. The second-order valence-corrected chi connectivity index (χ2v) is 5.27. The summed E-state index contributed by atoms with van der Waals surface area (Å²) >= 11 is 0. The zero-order valence-corrected chi connectivity index (χ0v) is 12.9. The minimum absolute atomic E-state index is 0.184. The maximum absolute atomic E-state index is 12.2. The molecule has 2 aromatic rings. The van der Waals surface area contributed by atoms with E-state index in [4.69, 9.17) is 0 Å². The molecule has 0 unspecified atom stereocenters. The SMILES string of the molecule is CCNC(=O)c1nc2c(N[C@H]3CCNC3)ncnc2n1CC. The van der Waals surface area contributed by atoms with E-state index in [-0.39, 0.29) is 5.91 Å². The maximum atomic E-state index is 12.2. The van der Waals surface area contributed by atoms with Crippen LogP contribution in [0.3, 0.4) is 0 Å². The Morgan fingerprint density at radius 1 is 1.45 bits per heavy atom. The van der Waals surface area contributed by atoms with Crippen molar-refractivity contribution >= 4 is 22.9 Å². The molecule has 8 heteroatoms. The van der Waals surface area contributed by atoms with Crippen LogP contribution in [0.5, 0.6) is 0 Å². The number of aromatic nitrogens is 4. The van der Waals surface area contributed by atoms with Gasteiger partial charge >= 0.3 is 0 Å². The number of amides is 1. The molecular weight excluding hydrogens is 282 g/mol. The van der Waals surface area contributed by atoms with Crippen LogP contribution in [-0.2, 0) is 6.54 Å². The lowest BCUT2D eigenvalue weighted by Gasteiger charge is -2.11. The van der Waals surface area contributed by atoms with E-state index >= 15 is 0 Å². The van der Waals surface area contributed by atoms with E-state index in [1.165, 1.54) is 6.33 Å². The Labute approximate surface area is 128 Å². The zero-order chi connectivity index (χ0) is 15.5. The average molecular weight is 303 g/mol. The maximum Gasteiger partial charge on any atom is 0.287 e. The summed E-state index contributed by atoms with van der Waals surface area (Å²) in [7, 11) is 0. The number of anilines is 1. The molecule has 0 radical (unpaired) electrons. The van der Waals surface area contributed by atoms with Crippen molar-refractivity contribution in [2.75, 3.05) is 25.0 Å². The van der Waals surface area contributed by atoms with Gasteiger partial charge in [0, 0.05) is 25.7 Å². The lowest BCUT2D eigenvalue weighted by Crippen LogP contribution is -2.26. The van der Waals surface area contributed by atoms with Gasteiger partial charge in [-0.1, -0.05) is 0 Å². The molecule has 1 saturated heterocycles. The van der Waals surface area contributed by atoms with Crippen molar-refractivity contribution in [1.82, 2.24) is 30.2 Å². The number of nitrogens with one attached hydrogen (secondary N) is 3.